The average Bonchev–Trinajstić information content (AvgIpc) is 2.97. The maximum absolute atomic E-state index is 5.53. The number of nitrogens with one attached hydrogen (secondary N) is 1. The molecule has 1 N–H and O–H groups in total. The summed E-state index contributed by atoms with van der Waals surface area (Å²) in [7, 11) is 1.75. The topological polar surface area (TPSA) is 48.3 Å². The second-order valence-electron chi connectivity index (χ2n) is 4.14. The van der Waals surface area contributed by atoms with Crippen molar-refractivity contribution in [3.8, 4) is 0 Å². The highest BCUT2D eigenvalue weighted by Crippen LogP contribution is 2.21. The van der Waals surface area contributed by atoms with Crippen molar-refractivity contribution in [1.29, 1.82) is 0 Å². The van der Waals surface area contributed by atoms with E-state index >= 15 is 0 Å². The van der Waals surface area contributed by atoms with Gasteiger partial charge in [-0.15, -0.1) is 0 Å². The Morgan fingerprint density at radius 2 is 2.56 bits per heavy atom. The molecule has 2 heterocycles. The Morgan fingerprint density at radius 3 is 3.19 bits per heavy atom. The van der Waals surface area contributed by atoms with Crippen molar-refractivity contribution in [2.24, 2.45) is 0 Å². The van der Waals surface area contributed by atoms with Gasteiger partial charge in [-0.25, -0.2) is 0 Å². The fourth-order valence-corrected chi connectivity index (χ4v) is 1.90. The van der Waals surface area contributed by atoms with E-state index in [9.17, 15) is 0 Å². The Kier molecular flexibility index (Phi) is 3.93. The summed E-state index contributed by atoms with van der Waals surface area (Å²) in [6, 6.07) is 1.93. The summed E-state index contributed by atoms with van der Waals surface area (Å²) in [6.07, 6.45) is 4.73. The number of aromatic nitrogens is 2. The van der Waals surface area contributed by atoms with Gasteiger partial charge in [-0.3, -0.25) is 4.68 Å². The van der Waals surface area contributed by atoms with Crippen LogP contribution in [0.5, 0.6) is 0 Å². The van der Waals surface area contributed by atoms with E-state index in [1.165, 1.54) is 0 Å². The SMILES string of the molecule is COC1(CNCCn2cccn2)CCOC1. The molecule has 0 aliphatic carbocycles. The predicted molar refractivity (Wildman–Crippen MR) is 60.3 cm³/mol. The number of nitrogens with zero attached hydrogens (tertiary/aromatic N) is 2. The molecule has 1 aliphatic heterocycles. The lowest BCUT2D eigenvalue weighted by Crippen LogP contribution is -2.43. The summed E-state index contributed by atoms with van der Waals surface area (Å²) in [4.78, 5) is 0. The molecule has 1 aromatic heterocycles. The van der Waals surface area contributed by atoms with Gasteiger partial charge in [0.15, 0.2) is 0 Å². The lowest BCUT2D eigenvalue weighted by Gasteiger charge is -2.25. The quantitative estimate of drug-likeness (QED) is 0.706. The third-order valence-electron chi connectivity index (χ3n) is 3.02. The van der Waals surface area contributed by atoms with Gasteiger partial charge in [0.2, 0.25) is 0 Å². The molecular weight excluding hydrogens is 206 g/mol. The first kappa shape index (κ1) is 11.6. The number of ether oxygens (including phenoxy) is 2. The molecule has 0 saturated carbocycles. The highest BCUT2D eigenvalue weighted by molar-refractivity contribution is 4.87. The summed E-state index contributed by atoms with van der Waals surface area (Å²) in [5, 5.41) is 7.54. The van der Waals surface area contributed by atoms with Crippen LogP contribution in [-0.4, -0.2) is 48.8 Å². The van der Waals surface area contributed by atoms with Gasteiger partial charge in [0.25, 0.3) is 0 Å². The van der Waals surface area contributed by atoms with E-state index < -0.39 is 0 Å². The molecule has 5 nitrogen and oxygen atoms in total. The molecule has 90 valence electrons. The van der Waals surface area contributed by atoms with Gasteiger partial charge >= 0.3 is 0 Å². The molecule has 0 aromatic carbocycles. The van der Waals surface area contributed by atoms with Crippen LogP contribution in [0.4, 0.5) is 0 Å². The van der Waals surface area contributed by atoms with Crippen LogP contribution in [0.1, 0.15) is 6.42 Å². The van der Waals surface area contributed by atoms with E-state index in [2.05, 4.69) is 10.4 Å². The van der Waals surface area contributed by atoms with Crippen LogP contribution >= 0.6 is 0 Å². The highest BCUT2D eigenvalue weighted by atomic mass is 16.5. The van der Waals surface area contributed by atoms with E-state index in [1.807, 2.05) is 16.9 Å². The summed E-state index contributed by atoms with van der Waals surface area (Å²) < 4.78 is 12.8. The van der Waals surface area contributed by atoms with Gasteiger partial charge < -0.3 is 14.8 Å². The number of hydrogen-bond acceptors (Lipinski definition) is 4. The molecule has 0 bridgehead atoms. The van der Waals surface area contributed by atoms with E-state index in [4.69, 9.17) is 9.47 Å². The smallest absolute Gasteiger partial charge is 0.106 e. The van der Waals surface area contributed by atoms with E-state index in [1.54, 1.807) is 13.3 Å². The van der Waals surface area contributed by atoms with Crippen LogP contribution in [0.15, 0.2) is 18.5 Å². The number of rotatable bonds is 6. The monoisotopic (exact) mass is 225 g/mol. The zero-order chi connectivity index (χ0) is 11.3. The van der Waals surface area contributed by atoms with Crippen molar-refractivity contribution >= 4 is 0 Å². The Hall–Kier alpha value is -0.910. The van der Waals surface area contributed by atoms with Crippen LogP contribution in [-0.2, 0) is 16.0 Å². The number of hydrogen-bond donors (Lipinski definition) is 1. The van der Waals surface area contributed by atoms with Crippen LogP contribution in [0.3, 0.4) is 0 Å². The van der Waals surface area contributed by atoms with Crippen molar-refractivity contribution in [2.75, 3.05) is 33.4 Å². The molecule has 1 fully saturated rings. The first-order valence-electron chi connectivity index (χ1n) is 5.66. The van der Waals surface area contributed by atoms with Gasteiger partial charge in [0.1, 0.15) is 5.60 Å². The van der Waals surface area contributed by atoms with Crippen LogP contribution in [0.2, 0.25) is 0 Å². The molecule has 1 unspecified atom stereocenters. The van der Waals surface area contributed by atoms with Crippen molar-refractivity contribution in [3.63, 3.8) is 0 Å². The molecule has 5 heteroatoms. The van der Waals surface area contributed by atoms with E-state index in [-0.39, 0.29) is 5.60 Å². The first-order valence-corrected chi connectivity index (χ1v) is 5.66. The molecule has 1 saturated heterocycles. The summed E-state index contributed by atoms with van der Waals surface area (Å²) in [5.74, 6) is 0. The Labute approximate surface area is 95.7 Å². The zero-order valence-electron chi connectivity index (χ0n) is 9.69. The third-order valence-corrected chi connectivity index (χ3v) is 3.02. The van der Waals surface area contributed by atoms with Crippen LogP contribution < -0.4 is 5.32 Å². The minimum Gasteiger partial charge on any atom is -0.378 e. The third kappa shape index (κ3) is 2.81. The second kappa shape index (κ2) is 5.43. The Bertz CT molecular complexity index is 294. The fraction of sp³-hybridized carbons (Fsp3) is 0.727. The van der Waals surface area contributed by atoms with Crippen LogP contribution in [0.25, 0.3) is 0 Å². The van der Waals surface area contributed by atoms with Crippen molar-refractivity contribution in [1.82, 2.24) is 15.1 Å². The van der Waals surface area contributed by atoms with Crippen molar-refractivity contribution < 1.29 is 9.47 Å². The molecule has 1 aliphatic rings. The maximum Gasteiger partial charge on any atom is 0.106 e. The van der Waals surface area contributed by atoms with Gasteiger partial charge in [-0.1, -0.05) is 0 Å². The molecule has 0 amide bonds. The molecular formula is C11H19N3O2. The molecule has 16 heavy (non-hydrogen) atoms. The largest absolute Gasteiger partial charge is 0.378 e. The first-order chi connectivity index (χ1) is 7.85. The molecule has 2 rings (SSSR count). The van der Waals surface area contributed by atoms with Crippen molar-refractivity contribution in [3.05, 3.63) is 18.5 Å². The predicted octanol–water partition coefficient (Wildman–Crippen LogP) is 0.278. The average molecular weight is 225 g/mol. The standard InChI is InChI=1S/C11H19N3O2/c1-15-11(3-8-16-10-11)9-12-5-7-14-6-2-4-13-14/h2,4,6,12H,3,5,7-10H2,1H3. The normalized spacial score (nSPS) is 25.1. The molecule has 1 aromatic rings. The molecule has 0 spiro atoms. The fourth-order valence-electron chi connectivity index (χ4n) is 1.90. The lowest BCUT2D eigenvalue weighted by atomic mass is 10.0. The van der Waals surface area contributed by atoms with Crippen molar-refractivity contribution in [2.45, 2.75) is 18.6 Å². The van der Waals surface area contributed by atoms with Gasteiger partial charge in [0, 0.05) is 45.6 Å². The molecule has 0 radical (unpaired) electrons. The Balaban J connectivity index is 1.67. The number of methoxy groups -OCH3 is 1. The van der Waals surface area contributed by atoms with E-state index in [0.717, 1.165) is 32.7 Å². The van der Waals surface area contributed by atoms with Gasteiger partial charge in [-0.2, -0.15) is 5.10 Å². The van der Waals surface area contributed by atoms with Gasteiger partial charge in [-0.05, 0) is 6.07 Å². The Morgan fingerprint density at radius 1 is 1.62 bits per heavy atom. The summed E-state index contributed by atoms with van der Waals surface area (Å²) in [5.41, 5.74) is -0.121. The minimum absolute atomic E-state index is 0.121. The zero-order valence-corrected chi connectivity index (χ0v) is 9.69. The summed E-state index contributed by atoms with van der Waals surface area (Å²) in [6.45, 7) is 4.11. The van der Waals surface area contributed by atoms with E-state index in [0.29, 0.717) is 6.61 Å². The maximum atomic E-state index is 5.53. The molecule has 1 atom stereocenters. The lowest BCUT2D eigenvalue weighted by molar-refractivity contribution is -0.0157. The minimum atomic E-state index is -0.121. The second-order valence-corrected chi connectivity index (χ2v) is 4.14. The highest BCUT2D eigenvalue weighted by Gasteiger charge is 2.34. The van der Waals surface area contributed by atoms with Crippen LogP contribution in [0, 0.1) is 0 Å². The summed E-state index contributed by atoms with van der Waals surface area (Å²) >= 11 is 0. The van der Waals surface area contributed by atoms with Gasteiger partial charge in [0.05, 0.1) is 13.2 Å².